The first kappa shape index (κ1) is 19.3. The monoisotopic (exact) mass is 411 g/mol. The van der Waals surface area contributed by atoms with Crippen LogP contribution in [-0.2, 0) is 6.54 Å². The van der Waals surface area contributed by atoms with Crippen molar-refractivity contribution >= 4 is 23.0 Å². The van der Waals surface area contributed by atoms with Crippen LogP contribution in [-0.4, -0.2) is 35.3 Å². The van der Waals surface area contributed by atoms with Gasteiger partial charge in [0.05, 0.1) is 20.3 Å². The molecule has 1 aromatic heterocycles. The zero-order valence-electron chi connectivity index (χ0n) is 16.3. The number of nitrogens with zero attached hydrogens (tertiary/aromatic N) is 2. The van der Waals surface area contributed by atoms with Gasteiger partial charge in [-0.05, 0) is 60.2 Å². The van der Waals surface area contributed by atoms with Crippen LogP contribution in [0, 0.1) is 5.82 Å². The minimum atomic E-state index is -0.304. The van der Waals surface area contributed by atoms with Gasteiger partial charge >= 0.3 is 0 Å². The smallest absolute Gasteiger partial charge is 0.174 e. The number of fused-ring (bicyclic) bond motifs is 1. The van der Waals surface area contributed by atoms with Crippen LogP contribution in [0.2, 0.25) is 0 Å². The average molecular weight is 412 g/mol. The van der Waals surface area contributed by atoms with Gasteiger partial charge in [-0.3, -0.25) is 0 Å². The third kappa shape index (κ3) is 3.78. The van der Waals surface area contributed by atoms with Gasteiger partial charge in [-0.25, -0.2) is 4.39 Å². The van der Waals surface area contributed by atoms with E-state index < -0.39 is 0 Å². The SMILES string of the molecule is COc1ccc([C@H]2c3cccn3CCN2C(=S)Nc2cccc(F)c2)cc1OC. The van der Waals surface area contributed by atoms with E-state index in [1.165, 1.54) is 12.1 Å². The lowest BCUT2D eigenvalue weighted by atomic mass is 9.99. The fraction of sp³-hybridized carbons (Fsp3) is 0.227. The van der Waals surface area contributed by atoms with Crippen LogP contribution in [0.4, 0.5) is 10.1 Å². The highest BCUT2D eigenvalue weighted by Crippen LogP contribution is 2.37. The van der Waals surface area contributed by atoms with E-state index in [0.29, 0.717) is 22.3 Å². The molecule has 0 bridgehead atoms. The van der Waals surface area contributed by atoms with E-state index in [-0.39, 0.29) is 11.9 Å². The van der Waals surface area contributed by atoms with Gasteiger partial charge in [0.2, 0.25) is 0 Å². The molecule has 0 fully saturated rings. The van der Waals surface area contributed by atoms with Crippen molar-refractivity contribution in [1.29, 1.82) is 0 Å². The largest absolute Gasteiger partial charge is 0.493 e. The zero-order valence-corrected chi connectivity index (χ0v) is 17.1. The van der Waals surface area contributed by atoms with E-state index in [1.54, 1.807) is 26.4 Å². The Morgan fingerprint density at radius 2 is 1.86 bits per heavy atom. The Balaban J connectivity index is 1.70. The van der Waals surface area contributed by atoms with E-state index in [2.05, 4.69) is 27.0 Å². The Kier molecular flexibility index (Phi) is 5.40. The Bertz CT molecular complexity index is 1040. The standard InChI is InChI=1S/C22H22FN3O2S/c1-27-19-9-8-15(13-20(19)28-2)21-18-7-4-10-25(18)11-12-26(21)22(29)24-17-6-3-5-16(23)14-17/h3-10,13-14,21H,11-12H2,1-2H3,(H,24,29)/t21-/m0/s1. The molecule has 1 aliphatic heterocycles. The lowest BCUT2D eigenvalue weighted by molar-refractivity contribution is 0.291. The Labute approximate surface area is 174 Å². The van der Waals surface area contributed by atoms with Gasteiger partial charge in [-0.2, -0.15) is 0 Å². The van der Waals surface area contributed by atoms with Gasteiger partial charge in [-0.15, -0.1) is 0 Å². The van der Waals surface area contributed by atoms with Gasteiger partial charge in [0.25, 0.3) is 0 Å². The maximum Gasteiger partial charge on any atom is 0.174 e. The van der Waals surface area contributed by atoms with Crippen molar-refractivity contribution in [2.75, 3.05) is 26.1 Å². The molecule has 3 aromatic rings. The number of hydrogen-bond donors (Lipinski definition) is 1. The highest BCUT2D eigenvalue weighted by Gasteiger charge is 2.31. The lowest BCUT2D eigenvalue weighted by Gasteiger charge is -2.39. The van der Waals surface area contributed by atoms with Crippen molar-refractivity contribution < 1.29 is 13.9 Å². The van der Waals surface area contributed by atoms with Crippen molar-refractivity contribution in [1.82, 2.24) is 9.47 Å². The van der Waals surface area contributed by atoms with Crippen molar-refractivity contribution in [3.8, 4) is 11.5 Å². The van der Waals surface area contributed by atoms with Gasteiger partial charge in [0.15, 0.2) is 16.6 Å². The third-order valence-electron chi connectivity index (χ3n) is 5.10. The molecule has 0 amide bonds. The summed E-state index contributed by atoms with van der Waals surface area (Å²) in [6.45, 7) is 1.54. The second-order valence-electron chi connectivity index (χ2n) is 6.78. The maximum atomic E-state index is 13.6. The summed E-state index contributed by atoms with van der Waals surface area (Å²) in [4.78, 5) is 2.12. The third-order valence-corrected chi connectivity index (χ3v) is 5.43. The second kappa shape index (κ2) is 8.13. The molecule has 4 rings (SSSR count). The number of hydrogen-bond acceptors (Lipinski definition) is 3. The van der Waals surface area contributed by atoms with Gasteiger partial charge in [0, 0.05) is 30.7 Å². The van der Waals surface area contributed by atoms with Crippen molar-refractivity contribution in [3.63, 3.8) is 0 Å². The Hall–Kier alpha value is -3.06. The molecular weight excluding hydrogens is 389 g/mol. The minimum Gasteiger partial charge on any atom is -0.493 e. The number of methoxy groups -OCH3 is 2. The van der Waals surface area contributed by atoms with Crippen LogP contribution in [0.5, 0.6) is 11.5 Å². The highest BCUT2D eigenvalue weighted by molar-refractivity contribution is 7.80. The minimum absolute atomic E-state index is 0.105. The molecule has 29 heavy (non-hydrogen) atoms. The van der Waals surface area contributed by atoms with E-state index in [1.807, 2.05) is 24.3 Å². The molecule has 0 radical (unpaired) electrons. The fourth-order valence-corrected chi connectivity index (χ4v) is 4.05. The molecule has 150 valence electrons. The summed E-state index contributed by atoms with van der Waals surface area (Å²) < 4.78 is 26.7. The predicted octanol–water partition coefficient (Wildman–Crippen LogP) is 4.45. The zero-order chi connectivity index (χ0) is 20.4. The molecule has 0 spiro atoms. The number of aromatic nitrogens is 1. The fourth-order valence-electron chi connectivity index (χ4n) is 3.74. The van der Waals surface area contributed by atoms with E-state index in [9.17, 15) is 4.39 Å². The summed E-state index contributed by atoms with van der Waals surface area (Å²) in [5.41, 5.74) is 2.79. The number of ether oxygens (including phenoxy) is 2. The molecule has 0 saturated carbocycles. The van der Waals surface area contributed by atoms with Crippen LogP contribution in [0.3, 0.4) is 0 Å². The van der Waals surface area contributed by atoms with Crippen LogP contribution < -0.4 is 14.8 Å². The number of rotatable bonds is 4. The maximum absolute atomic E-state index is 13.6. The van der Waals surface area contributed by atoms with Crippen LogP contribution >= 0.6 is 12.2 Å². The highest BCUT2D eigenvalue weighted by atomic mass is 32.1. The van der Waals surface area contributed by atoms with Crippen molar-refractivity contribution in [3.05, 3.63) is 77.9 Å². The topological polar surface area (TPSA) is 38.7 Å². The summed E-state index contributed by atoms with van der Waals surface area (Å²) in [5.74, 6) is 1.04. The number of halogens is 1. The normalized spacial score (nSPS) is 15.6. The first-order valence-corrected chi connectivity index (χ1v) is 9.71. The van der Waals surface area contributed by atoms with Crippen molar-refractivity contribution in [2.24, 2.45) is 0 Å². The van der Waals surface area contributed by atoms with Crippen LogP contribution in [0.15, 0.2) is 60.8 Å². The molecule has 1 N–H and O–H groups in total. The summed E-state index contributed by atoms with van der Waals surface area (Å²) >= 11 is 5.72. The number of anilines is 1. The molecule has 0 unspecified atom stereocenters. The Morgan fingerprint density at radius 1 is 1.03 bits per heavy atom. The first-order chi connectivity index (χ1) is 14.1. The molecule has 5 nitrogen and oxygen atoms in total. The van der Waals surface area contributed by atoms with E-state index in [4.69, 9.17) is 21.7 Å². The summed E-state index contributed by atoms with van der Waals surface area (Å²) in [5, 5.41) is 3.72. The molecular formula is C22H22FN3O2S. The van der Waals surface area contributed by atoms with Gasteiger partial charge in [0.1, 0.15) is 5.82 Å². The molecule has 2 heterocycles. The summed E-state index contributed by atoms with van der Waals surface area (Å²) in [7, 11) is 3.24. The molecule has 1 aliphatic rings. The number of nitrogens with one attached hydrogen (secondary N) is 1. The average Bonchev–Trinajstić information content (AvgIpc) is 3.21. The van der Waals surface area contributed by atoms with Crippen molar-refractivity contribution in [2.45, 2.75) is 12.6 Å². The van der Waals surface area contributed by atoms with Gasteiger partial charge in [-0.1, -0.05) is 12.1 Å². The Morgan fingerprint density at radius 3 is 2.62 bits per heavy atom. The quantitative estimate of drug-likeness (QED) is 0.643. The molecule has 7 heteroatoms. The molecule has 2 aromatic carbocycles. The van der Waals surface area contributed by atoms with Crippen LogP contribution in [0.25, 0.3) is 0 Å². The second-order valence-corrected chi connectivity index (χ2v) is 7.16. The van der Waals surface area contributed by atoms with E-state index in [0.717, 1.165) is 24.3 Å². The molecule has 0 aliphatic carbocycles. The van der Waals surface area contributed by atoms with Crippen LogP contribution in [0.1, 0.15) is 17.3 Å². The lowest BCUT2D eigenvalue weighted by Crippen LogP contribution is -2.44. The summed E-state index contributed by atoms with van der Waals surface area (Å²) in [6, 6.07) is 16.2. The molecule has 0 saturated heterocycles. The number of thiocarbonyl (C=S) groups is 1. The predicted molar refractivity (Wildman–Crippen MR) is 115 cm³/mol. The first-order valence-electron chi connectivity index (χ1n) is 9.31. The van der Waals surface area contributed by atoms with Gasteiger partial charge < -0.3 is 24.3 Å². The molecule has 1 atom stereocenters. The summed E-state index contributed by atoms with van der Waals surface area (Å²) in [6.07, 6.45) is 2.07. The number of benzene rings is 2. The van der Waals surface area contributed by atoms with E-state index >= 15 is 0 Å².